The van der Waals surface area contributed by atoms with Crippen LogP contribution >= 0.6 is 0 Å². The molecule has 0 aliphatic carbocycles. The Morgan fingerprint density at radius 2 is 1.68 bits per heavy atom. The lowest BCUT2D eigenvalue weighted by molar-refractivity contribution is 0.414. The Hall–Kier alpha value is -1.94. The second-order valence-electron chi connectivity index (χ2n) is 4.53. The van der Waals surface area contributed by atoms with E-state index in [-0.39, 0.29) is 5.56 Å². The molecule has 1 unspecified atom stereocenters. The first-order valence-corrected chi connectivity index (χ1v) is 5.84. The van der Waals surface area contributed by atoms with Gasteiger partial charge in [0.2, 0.25) is 0 Å². The molecule has 0 aliphatic rings. The minimum Gasteiger partial charge on any atom is -0.497 e. The van der Waals surface area contributed by atoms with Crippen LogP contribution in [0, 0.1) is 11.6 Å². The van der Waals surface area contributed by atoms with Gasteiger partial charge in [-0.2, -0.15) is 0 Å². The van der Waals surface area contributed by atoms with E-state index in [4.69, 9.17) is 10.5 Å². The largest absolute Gasteiger partial charge is 0.497 e. The van der Waals surface area contributed by atoms with Crippen molar-refractivity contribution in [1.82, 2.24) is 0 Å². The fraction of sp³-hybridized carbons (Fsp3) is 0.200. The highest BCUT2D eigenvalue weighted by atomic mass is 19.2. The van der Waals surface area contributed by atoms with Crippen molar-refractivity contribution in [2.75, 3.05) is 7.11 Å². The predicted octanol–water partition coefficient (Wildman–Crippen LogP) is 3.20. The number of methoxy groups -OCH3 is 1. The zero-order chi connectivity index (χ0) is 14.0. The number of nitrogens with two attached hydrogens (primary N) is 1. The molecule has 0 heterocycles. The number of rotatable bonds is 3. The molecule has 0 fully saturated rings. The number of hydrogen-bond donors (Lipinski definition) is 1. The normalized spacial score (nSPS) is 13.9. The first kappa shape index (κ1) is 13.5. The summed E-state index contributed by atoms with van der Waals surface area (Å²) < 4.78 is 32.2. The van der Waals surface area contributed by atoms with E-state index in [0.29, 0.717) is 11.3 Å². The molecule has 0 aromatic heterocycles. The van der Waals surface area contributed by atoms with Crippen LogP contribution in [-0.4, -0.2) is 7.11 Å². The lowest BCUT2D eigenvalue weighted by Gasteiger charge is -2.26. The number of ether oxygens (including phenoxy) is 1. The van der Waals surface area contributed by atoms with E-state index in [9.17, 15) is 8.78 Å². The average Bonchev–Trinajstić information content (AvgIpc) is 2.41. The van der Waals surface area contributed by atoms with Crippen LogP contribution in [0.15, 0.2) is 42.5 Å². The van der Waals surface area contributed by atoms with Crippen LogP contribution in [0.2, 0.25) is 0 Å². The molecule has 2 N–H and O–H groups in total. The lowest BCUT2D eigenvalue weighted by Crippen LogP contribution is -2.35. The number of hydrogen-bond acceptors (Lipinski definition) is 2. The van der Waals surface area contributed by atoms with Gasteiger partial charge < -0.3 is 10.5 Å². The number of halogens is 2. The van der Waals surface area contributed by atoms with Gasteiger partial charge in [-0.15, -0.1) is 0 Å². The van der Waals surface area contributed by atoms with Crippen molar-refractivity contribution in [1.29, 1.82) is 0 Å². The van der Waals surface area contributed by atoms with Gasteiger partial charge in [0.05, 0.1) is 12.6 Å². The molecule has 2 aromatic rings. The number of benzene rings is 2. The van der Waals surface area contributed by atoms with Crippen molar-refractivity contribution >= 4 is 0 Å². The highest BCUT2D eigenvalue weighted by molar-refractivity contribution is 5.40. The lowest BCUT2D eigenvalue weighted by atomic mass is 9.85. The van der Waals surface area contributed by atoms with Crippen molar-refractivity contribution in [2.24, 2.45) is 5.73 Å². The molecule has 19 heavy (non-hydrogen) atoms. The van der Waals surface area contributed by atoms with E-state index >= 15 is 0 Å². The predicted molar refractivity (Wildman–Crippen MR) is 70.0 cm³/mol. The van der Waals surface area contributed by atoms with E-state index in [2.05, 4.69) is 0 Å². The Morgan fingerprint density at radius 1 is 1.05 bits per heavy atom. The van der Waals surface area contributed by atoms with Crippen LogP contribution in [0.25, 0.3) is 0 Å². The molecular weight excluding hydrogens is 248 g/mol. The van der Waals surface area contributed by atoms with Gasteiger partial charge in [-0.3, -0.25) is 0 Å². The average molecular weight is 263 g/mol. The Labute approximate surface area is 110 Å². The smallest absolute Gasteiger partial charge is 0.164 e. The summed E-state index contributed by atoms with van der Waals surface area (Å²) in [5.74, 6) is -1.13. The van der Waals surface area contributed by atoms with E-state index in [1.807, 2.05) is 0 Å². The fourth-order valence-electron chi connectivity index (χ4n) is 2.00. The molecule has 0 radical (unpaired) electrons. The maximum Gasteiger partial charge on any atom is 0.164 e. The molecule has 2 rings (SSSR count). The third-order valence-electron chi connectivity index (χ3n) is 3.20. The fourth-order valence-corrected chi connectivity index (χ4v) is 2.00. The molecule has 1 atom stereocenters. The highest BCUT2D eigenvalue weighted by Crippen LogP contribution is 2.30. The molecule has 2 nitrogen and oxygen atoms in total. The molecule has 0 aliphatic heterocycles. The minimum absolute atomic E-state index is 0.123. The molecule has 100 valence electrons. The van der Waals surface area contributed by atoms with Crippen molar-refractivity contribution < 1.29 is 13.5 Å². The zero-order valence-electron chi connectivity index (χ0n) is 10.8. The monoisotopic (exact) mass is 263 g/mol. The molecule has 0 spiro atoms. The second kappa shape index (κ2) is 4.97. The van der Waals surface area contributed by atoms with Gasteiger partial charge in [-0.1, -0.05) is 24.3 Å². The molecule has 0 saturated carbocycles. The van der Waals surface area contributed by atoms with Gasteiger partial charge >= 0.3 is 0 Å². The summed E-state index contributed by atoms with van der Waals surface area (Å²) in [7, 11) is 1.56. The Kier molecular flexibility index (Phi) is 3.53. The summed E-state index contributed by atoms with van der Waals surface area (Å²) >= 11 is 0. The van der Waals surface area contributed by atoms with Crippen LogP contribution in [0.3, 0.4) is 0 Å². The summed E-state index contributed by atoms with van der Waals surface area (Å²) in [5.41, 5.74) is 5.86. The van der Waals surface area contributed by atoms with Crippen LogP contribution in [-0.2, 0) is 5.54 Å². The molecule has 2 aromatic carbocycles. The van der Waals surface area contributed by atoms with Crippen molar-refractivity contribution in [2.45, 2.75) is 12.5 Å². The summed E-state index contributed by atoms with van der Waals surface area (Å²) in [5, 5.41) is 0. The van der Waals surface area contributed by atoms with E-state index < -0.39 is 17.2 Å². The maximum absolute atomic E-state index is 13.8. The van der Waals surface area contributed by atoms with Crippen LogP contribution in [0.1, 0.15) is 18.1 Å². The topological polar surface area (TPSA) is 35.2 Å². The van der Waals surface area contributed by atoms with Gasteiger partial charge in [-0.05, 0) is 30.7 Å². The van der Waals surface area contributed by atoms with Gasteiger partial charge in [0.15, 0.2) is 11.6 Å². The van der Waals surface area contributed by atoms with Crippen molar-refractivity contribution in [3.63, 3.8) is 0 Å². The summed E-state index contributed by atoms with van der Waals surface area (Å²) in [6, 6.07) is 11.0. The first-order chi connectivity index (χ1) is 8.96. The van der Waals surface area contributed by atoms with Crippen LogP contribution < -0.4 is 10.5 Å². The van der Waals surface area contributed by atoms with E-state index in [0.717, 1.165) is 6.07 Å². The van der Waals surface area contributed by atoms with E-state index in [1.165, 1.54) is 12.1 Å². The highest BCUT2D eigenvalue weighted by Gasteiger charge is 2.28. The minimum atomic E-state index is -1.11. The molecule has 0 amide bonds. The second-order valence-corrected chi connectivity index (χ2v) is 4.53. The molecular formula is C15H15F2NO. The van der Waals surface area contributed by atoms with E-state index in [1.54, 1.807) is 38.3 Å². The summed E-state index contributed by atoms with van der Waals surface area (Å²) in [4.78, 5) is 0. The van der Waals surface area contributed by atoms with Gasteiger partial charge in [-0.25, -0.2) is 8.78 Å². The Bertz CT molecular complexity index is 579. The Balaban J connectivity index is 2.48. The third-order valence-corrected chi connectivity index (χ3v) is 3.20. The molecule has 4 heteroatoms. The van der Waals surface area contributed by atoms with Crippen molar-refractivity contribution in [3.8, 4) is 5.75 Å². The third kappa shape index (κ3) is 2.44. The van der Waals surface area contributed by atoms with Crippen LogP contribution in [0.5, 0.6) is 5.75 Å². The quantitative estimate of drug-likeness (QED) is 0.923. The standard InChI is InChI=1S/C15H15F2NO/c1-15(18,10-6-8-11(19-2)9-7-10)12-4-3-5-13(16)14(12)17/h3-9H,18H2,1-2H3. The van der Waals surface area contributed by atoms with Crippen LogP contribution in [0.4, 0.5) is 8.78 Å². The molecule has 0 bridgehead atoms. The Morgan fingerprint density at radius 3 is 2.26 bits per heavy atom. The van der Waals surface area contributed by atoms with Gasteiger partial charge in [0, 0.05) is 5.56 Å². The van der Waals surface area contributed by atoms with Gasteiger partial charge in [0.1, 0.15) is 5.75 Å². The maximum atomic E-state index is 13.8. The first-order valence-electron chi connectivity index (χ1n) is 5.84. The summed E-state index contributed by atoms with van der Waals surface area (Å²) in [6.45, 7) is 1.65. The zero-order valence-corrected chi connectivity index (χ0v) is 10.8. The van der Waals surface area contributed by atoms with Gasteiger partial charge in [0.25, 0.3) is 0 Å². The molecule has 0 saturated heterocycles. The van der Waals surface area contributed by atoms with Crippen molar-refractivity contribution in [3.05, 3.63) is 65.2 Å². The SMILES string of the molecule is COc1ccc(C(C)(N)c2cccc(F)c2F)cc1. The summed E-state index contributed by atoms with van der Waals surface area (Å²) in [6.07, 6.45) is 0.